The number of para-hydroxylation sites is 1. The highest BCUT2D eigenvalue weighted by molar-refractivity contribution is 5.70. The quantitative estimate of drug-likeness (QED) is 0.0664. The van der Waals surface area contributed by atoms with Crippen molar-refractivity contribution in [3.63, 3.8) is 0 Å². The molecule has 2 saturated heterocycles. The number of morpholine rings is 2. The number of carbonyl (C=O) groups is 2. The lowest BCUT2D eigenvalue weighted by Crippen LogP contribution is -2.39. The standard InChI is InChI=1S/C26H35NO5.C25H33NO5/c1-26(2,3)32-25(28)13-14-27-15-16-31-24(19-27)22-9-11-23(12-10-22)30-18-17-29-20-21-7-5-4-6-8-21;1-25(2,3)31-24(27)13-14-26-15-16-30-23(19-26)20-9-11-22(12-10-20)29-18-17-28-21-7-5-4-6-8-21/h4-12,24H,13-20H2,1-3H3;4-12,23H,13-19H2,1-3H3. The maximum atomic E-state index is 12.0. The van der Waals surface area contributed by atoms with Gasteiger partial charge in [0.1, 0.15) is 48.3 Å². The first-order chi connectivity index (χ1) is 30.3. The van der Waals surface area contributed by atoms with E-state index in [1.54, 1.807) is 0 Å². The number of hydrogen-bond donors (Lipinski definition) is 0. The van der Waals surface area contributed by atoms with Gasteiger partial charge in [0.25, 0.3) is 0 Å². The molecule has 0 amide bonds. The fraction of sp³-hybridized carbons (Fsp3) is 0.490. The number of ether oxygens (including phenoxy) is 8. The summed E-state index contributed by atoms with van der Waals surface area (Å²) in [6.45, 7) is 19.7. The van der Waals surface area contributed by atoms with E-state index in [9.17, 15) is 9.59 Å². The molecule has 0 aliphatic carbocycles. The fourth-order valence-electron chi connectivity index (χ4n) is 6.87. The predicted octanol–water partition coefficient (Wildman–Crippen LogP) is 8.64. The zero-order valence-electron chi connectivity index (χ0n) is 38.1. The molecule has 0 saturated carbocycles. The number of benzene rings is 4. The molecule has 6 rings (SSSR count). The minimum absolute atomic E-state index is 0.00866. The summed E-state index contributed by atoms with van der Waals surface area (Å²) in [5.41, 5.74) is 2.49. The lowest BCUT2D eigenvalue weighted by molar-refractivity contribution is -0.156. The van der Waals surface area contributed by atoms with Crippen LogP contribution >= 0.6 is 0 Å². The molecule has 4 aromatic rings. The maximum Gasteiger partial charge on any atom is 0.307 e. The number of carbonyl (C=O) groups excluding carboxylic acids is 2. The van der Waals surface area contributed by atoms with Gasteiger partial charge in [0.15, 0.2) is 0 Å². The van der Waals surface area contributed by atoms with Gasteiger partial charge in [-0.15, -0.1) is 0 Å². The first-order valence-electron chi connectivity index (χ1n) is 22.1. The van der Waals surface area contributed by atoms with Gasteiger partial charge in [0.2, 0.25) is 0 Å². The van der Waals surface area contributed by atoms with Crippen molar-refractivity contribution in [1.82, 2.24) is 9.80 Å². The van der Waals surface area contributed by atoms with Crippen LogP contribution in [0.2, 0.25) is 0 Å². The normalized spacial score (nSPS) is 17.2. The van der Waals surface area contributed by atoms with Gasteiger partial charge in [-0.2, -0.15) is 0 Å². The average Bonchev–Trinajstić information content (AvgIpc) is 3.27. The highest BCUT2D eigenvalue weighted by Gasteiger charge is 2.25. The summed E-state index contributed by atoms with van der Waals surface area (Å²) in [4.78, 5) is 28.5. The largest absolute Gasteiger partial charge is 0.491 e. The lowest BCUT2D eigenvalue weighted by atomic mass is 10.1. The summed E-state index contributed by atoms with van der Waals surface area (Å²) < 4.78 is 45.6. The molecule has 0 N–H and O–H groups in total. The molecule has 2 aliphatic heterocycles. The van der Waals surface area contributed by atoms with Crippen molar-refractivity contribution in [2.45, 2.75) is 84.4 Å². The highest BCUT2D eigenvalue weighted by Crippen LogP contribution is 2.26. The Labute approximate surface area is 374 Å². The summed E-state index contributed by atoms with van der Waals surface area (Å²) in [6.07, 6.45) is 0.763. The Bertz CT molecular complexity index is 1900. The first-order valence-corrected chi connectivity index (χ1v) is 22.1. The lowest BCUT2D eigenvalue weighted by Gasteiger charge is -2.33. The fourth-order valence-corrected chi connectivity index (χ4v) is 6.87. The van der Waals surface area contributed by atoms with Gasteiger partial charge in [0.05, 0.1) is 51.5 Å². The molecule has 2 unspecified atom stereocenters. The van der Waals surface area contributed by atoms with E-state index in [0.717, 1.165) is 60.1 Å². The van der Waals surface area contributed by atoms with Gasteiger partial charge in [-0.3, -0.25) is 19.4 Å². The molecule has 2 aliphatic rings. The minimum atomic E-state index is -0.442. The predicted molar refractivity (Wildman–Crippen MR) is 243 cm³/mol. The summed E-state index contributed by atoms with van der Waals surface area (Å²) in [6, 6.07) is 35.8. The van der Waals surface area contributed by atoms with Crippen LogP contribution in [0.25, 0.3) is 0 Å². The summed E-state index contributed by atoms with van der Waals surface area (Å²) in [5, 5.41) is 0. The van der Waals surface area contributed by atoms with E-state index in [-0.39, 0.29) is 24.1 Å². The van der Waals surface area contributed by atoms with Crippen LogP contribution in [0.5, 0.6) is 17.2 Å². The average molecular weight is 869 g/mol. The van der Waals surface area contributed by atoms with E-state index in [2.05, 4.69) is 9.80 Å². The highest BCUT2D eigenvalue weighted by atomic mass is 16.6. The topological polar surface area (TPSA) is 114 Å². The molecule has 0 radical (unpaired) electrons. The molecule has 12 nitrogen and oxygen atoms in total. The van der Waals surface area contributed by atoms with Crippen LogP contribution in [-0.2, 0) is 39.9 Å². The van der Waals surface area contributed by atoms with Gasteiger partial charge < -0.3 is 37.9 Å². The SMILES string of the molecule is CC(C)(C)OC(=O)CCN1CCOC(c2ccc(OCCOCc3ccccc3)cc2)C1.CC(C)(C)OC(=O)CCN1CCOC(c2ccc(OCCOc3ccccc3)cc2)C1. The molecule has 0 bridgehead atoms. The summed E-state index contributed by atoms with van der Waals surface area (Å²) in [5.74, 6) is 2.14. The Balaban J connectivity index is 0.000000238. The zero-order valence-corrected chi connectivity index (χ0v) is 38.1. The second-order valence-electron chi connectivity index (χ2n) is 17.5. The third kappa shape index (κ3) is 19.5. The Morgan fingerprint density at radius 3 is 1.37 bits per heavy atom. The maximum absolute atomic E-state index is 12.0. The molecule has 0 spiro atoms. The molecule has 342 valence electrons. The molecule has 2 fully saturated rings. The zero-order chi connectivity index (χ0) is 44.9. The number of hydrogen-bond acceptors (Lipinski definition) is 12. The molecule has 63 heavy (non-hydrogen) atoms. The minimum Gasteiger partial charge on any atom is -0.491 e. The molecule has 2 heterocycles. The van der Waals surface area contributed by atoms with E-state index in [1.807, 2.05) is 151 Å². The number of rotatable bonds is 19. The second-order valence-corrected chi connectivity index (χ2v) is 17.5. The number of esters is 2. The van der Waals surface area contributed by atoms with Crippen molar-refractivity contribution in [1.29, 1.82) is 0 Å². The third-order valence-electron chi connectivity index (χ3n) is 9.88. The van der Waals surface area contributed by atoms with Gasteiger partial charge in [0, 0.05) is 39.3 Å². The Morgan fingerprint density at radius 2 is 0.937 bits per heavy atom. The molecular formula is C51H68N2O10. The van der Waals surface area contributed by atoms with Crippen molar-refractivity contribution >= 4 is 11.9 Å². The first kappa shape index (κ1) is 49.0. The van der Waals surface area contributed by atoms with Crippen molar-refractivity contribution in [3.05, 3.63) is 126 Å². The van der Waals surface area contributed by atoms with Crippen LogP contribution in [0.4, 0.5) is 0 Å². The van der Waals surface area contributed by atoms with Gasteiger partial charge in [-0.25, -0.2) is 0 Å². The van der Waals surface area contributed by atoms with Crippen molar-refractivity contribution in [2.24, 2.45) is 0 Å². The van der Waals surface area contributed by atoms with Gasteiger partial charge in [-0.05, 0) is 94.6 Å². The van der Waals surface area contributed by atoms with Crippen molar-refractivity contribution in [2.75, 3.05) is 78.9 Å². The van der Waals surface area contributed by atoms with Crippen LogP contribution in [0.1, 0.15) is 83.3 Å². The van der Waals surface area contributed by atoms with Crippen LogP contribution in [0, 0.1) is 0 Å². The van der Waals surface area contributed by atoms with Gasteiger partial charge in [-0.1, -0.05) is 72.8 Å². The van der Waals surface area contributed by atoms with Crippen LogP contribution in [-0.4, -0.2) is 112 Å². The van der Waals surface area contributed by atoms with Crippen LogP contribution in [0.15, 0.2) is 109 Å². The van der Waals surface area contributed by atoms with E-state index in [1.165, 1.54) is 0 Å². The smallest absolute Gasteiger partial charge is 0.307 e. The van der Waals surface area contributed by atoms with Crippen LogP contribution in [0.3, 0.4) is 0 Å². The van der Waals surface area contributed by atoms with Crippen molar-refractivity contribution in [3.8, 4) is 17.2 Å². The molecule has 0 aromatic heterocycles. The van der Waals surface area contributed by atoms with E-state index in [4.69, 9.17) is 37.9 Å². The third-order valence-corrected chi connectivity index (χ3v) is 9.88. The van der Waals surface area contributed by atoms with E-state index in [0.29, 0.717) is 72.2 Å². The van der Waals surface area contributed by atoms with E-state index >= 15 is 0 Å². The summed E-state index contributed by atoms with van der Waals surface area (Å²) >= 11 is 0. The Morgan fingerprint density at radius 1 is 0.540 bits per heavy atom. The molecule has 12 heteroatoms. The molecular weight excluding hydrogens is 801 g/mol. The molecule has 2 atom stereocenters. The Hall–Kier alpha value is -4.98. The van der Waals surface area contributed by atoms with E-state index < -0.39 is 11.2 Å². The van der Waals surface area contributed by atoms with Crippen molar-refractivity contribution < 1.29 is 47.5 Å². The second kappa shape index (κ2) is 25.3. The summed E-state index contributed by atoms with van der Waals surface area (Å²) in [7, 11) is 0. The monoisotopic (exact) mass is 868 g/mol. The Kier molecular flexibility index (Phi) is 19.7. The molecule has 4 aromatic carbocycles. The van der Waals surface area contributed by atoms with Gasteiger partial charge >= 0.3 is 11.9 Å². The van der Waals surface area contributed by atoms with Crippen LogP contribution < -0.4 is 14.2 Å². The number of nitrogens with zero attached hydrogens (tertiary/aromatic N) is 2.